The molecule has 0 bridgehead atoms. The molecule has 11 nitrogen and oxygen atoms in total. The van der Waals surface area contributed by atoms with Crippen LogP contribution in [0.3, 0.4) is 0 Å². The van der Waals surface area contributed by atoms with Crippen LogP contribution in [0.1, 0.15) is 52.0 Å². The van der Waals surface area contributed by atoms with Crippen molar-refractivity contribution < 1.29 is 24.3 Å². The van der Waals surface area contributed by atoms with Gasteiger partial charge in [0.1, 0.15) is 18.1 Å². The van der Waals surface area contributed by atoms with Gasteiger partial charge in [-0.05, 0) is 50.3 Å². The smallest absolute Gasteiger partial charge is 0.326 e. The number of H-pyrrole nitrogens is 1. The van der Waals surface area contributed by atoms with E-state index in [0.717, 1.165) is 16.5 Å². The Morgan fingerprint density at radius 2 is 1.62 bits per heavy atom. The molecule has 0 aliphatic carbocycles. The number of hydrogen-bond acceptors (Lipinski definition) is 6. The predicted octanol–water partition coefficient (Wildman–Crippen LogP) is 0.772. The second kappa shape index (κ2) is 14.3. The van der Waals surface area contributed by atoms with Crippen LogP contribution in [0.4, 0.5) is 0 Å². The third-order valence-corrected chi connectivity index (χ3v) is 6.50. The van der Waals surface area contributed by atoms with Gasteiger partial charge in [0.2, 0.25) is 17.7 Å². The SMILES string of the molecule is CCC(C)C(NC(=O)C(Cc1c[nH]c2ccccc12)NC(=O)C(CCCCN)NC(=O)C(C)N)C(=O)O. The van der Waals surface area contributed by atoms with Gasteiger partial charge in [0.25, 0.3) is 0 Å². The molecule has 0 spiro atoms. The van der Waals surface area contributed by atoms with Gasteiger partial charge in [-0.15, -0.1) is 0 Å². The van der Waals surface area contributed by atoms with Crippen molar-refractivity contribution in [2.75, 3.05) is 6.54 Å². The van der Waals surface area contributed by atoms with Gasteiger partial charge < -0.3 is 37.5 Å². The number of nitrogens with one attached hydrogen (secondary N) is 4. The lowest BCUT2D eigenvalue weighted by Crippen LogP contribution is -2.58. The largest absolute Gasteiger partial charge is 0.480 e. The van der Waals surface area contributed by atoms with Crippen LogP contribution in [0.2, 0.25) is 0 Å². The van der Waals surface area contributed by atoms with Crippen molar-refractivity contribution in [3.8, 4) is 0 Å². The van der Waals surface area contributed by atoms with E-state index in [1.54, 1.807) is 13.1 Å². The van der Waals surface area contributed by atoms with E-state index in [4.69, 9.17) is 11.5 Å². The molecule has 2 rings (SSSR count). The Labute approximate surface area is 217 Å². The molecule has 11 heteroatoms. The van der Waals surface area contributed by atoms with Crippen molar-refractivity contribution in [1.29, 1.82) is 0 Å². The summed E-state index contributed by atoms with van der Waals surface area (Å²) in [7, 11) is 0. The number of benzene rings is 1. The summed E-state index contributed by atoms with van der Waals surface area (Å²) in [6.07, 6.45) is 3.98. The average Bonchev–Trinajstić information content (AvgIpc) is 3.28. The number of carboxylic acid groups (broad SMARTS) is 1. The van der Waals surface area contributed by atoms with Gasteiger partial charge in [-0.3, -0.25) is 14.4 Å². The quantitative estimate of drug-likeness (QED) is 0.170. The Morgan fingerprint density at radius 1 is 0.973 bits per heavy atom. The molecule has 0 aliphatic heterocycles. The minimum Gasteiger partial charge on any atom is -0.480 e. The van der Waals surface area contributed by atoms with E-state index in [2.05, 4.69) is 20.9 Å². The Bertz CT molecular complexity index is 1070. The van der Waals surface area contributed by atoms with Gasteiger partial charge in [0.15, 0.2) is 0 Å². The maximum absolute atomic E-state index is 13.4. The van der Waals surface area contributed by atoms with Gasteiger partial charge in [0, 0.05) is 23.5 Å². The molecule has 5 unspecified atom stereocenters. The first-order valence-electron chi connectivity index (χ1n) is 12.7. The fourth-order valence-corrected chi connectivity index (χ4v) is 4.00. The zero-order chi connectivity index (χ0) is 27.5. The number of carbonyl (C=O) groups is 4. The third kappa shape index (κ3) is 8.57. The lowest BCUT2D eigenvalue weighted by atomic mass is 9.97. The Balaban J connectivity index is 2.33. The van der Waals surface area contributed by atoms with Gasteiger partial charge in [-0.25, -0.2) is 4.79 Å². The van der Waals surface area contributed by atoms with Crippen LogP contribution < -0.4 is 27.4 Å². The van der Waals surface area contributed by atoms with Crippen LogP contribution in [-0.4, -0.2) is 64.5 Å². The maximum Gasteiger partial charge on any atom is 0.326 e. The number of aromatic nitrogens is 1. The summed E-state index contributed by atoms with van der Waals surface area (Å²) in [6, 6.07) is 3.61. The molecule has 1 aromatic carbocycles. The summed E-state index contributed by atoms with van der Waals surface area (Å²) >= 11 is 0. The maximum atomic E-state index is 13.4. The van der Waals surface area contributed by atoms with Crippen molar-refractivity contribution >= 4 is 34.6 Å². The fourth-order valence-electron chi connectivity index (χ4n) is 4.00. The van der Waals surface area contributed by atoms with Crippen molar-refractivity contribution in [3.05, 3.63) is 36.0 Å². The van der Waals surface area contributed by atoms with Crippen LogP contribution >= 0.6 is 0 Å². The van der Waals surface area contributed by atoms with Crippen LogP contribution in [0, 0.1) is 5.92 Å². The molecule has 0 radical (unpaired) electrons. The van der Waals surface area contributed by atoms with E-state index < -0.39 is 47.9 Å². The highest BCUT2D eigenvalue weighted by Crippen LogP contribution is 2.20. The van der Waals surface area contributed by atoms with Crippen molar-refractivity contribution in [2.24, 2.45) is 17.4 Å². The molecule has 9 N–H and O–H groups in total. The number of aromatic amines is 1. The van der Waals surface area contributed by atoms with E-state index >= 15 is 0 Å². The molecule has 204 valence electrons. The number of aliphatic carboxylic acids is 1. The number of carboxylic acids is 1. The molecule has 1 aromatic heterocycles. The summed E-state index contributed by atoms with van der Waals surface area (Å²) in [6.45, 7) is 5.53. The van der Waals surface area contributed by atoms with Crippen LogP contribution in [0.25, 0.3) is 10.9 Å². The molecule has 37 heavy (non-hydrogen) atoms. The minimum absolute atomic E-state index is 0.116. The van der Waals surface area contributed by atoms with Crippen molar-refractivity contribution in [1.82, 2.24) is 20.9 Å². The number of fused-ring (bicyclic) bond motifs is 1. The van der Waals surface area contributed by atoms with Crippen LogP contribution in [-0.2, 0) is 25.6 Å². The van der Waals surface area contributed by atoms with Gasteiger partial charge in [0.05, 0.1) is 6.04 Å². The highest BCUT2D eigenvalue weighted by molar-refractivity contribution is 5.94. The Hall–Kier alpha value is -3.44. The third-order valence-electron chi connectivity index (χ3n) is 6.50. The van der Waals surface area contributed by atoms with Crippen LogP contribution in [0.5, 0.6) is 0 Å². The topological polar surface area (TPSA) is 192 Å². The van der Waals surface area contributed by atoms with Gasteiger partial charge in [-0.2, -0.15) is 0 Å². The Morgan fingerprint density at radius 3 is 2.24 bits per heavy atom. The second-order valence-electron chi connectivity index (χ2n) is 9.47. The standard InChI is InChI=1S/C26H40N6O5/c1-4-15(2)22(26(36)37)32-25(35)21(13-17-14-29-19-10-6-5-9-18(17)19)31-24(34)20(11-7-8-12-27)30-23(33)16(3)28/h5-6,9-10,14-16,20-22,29H,4,7-8,11-13,27-28H2,1-3H3,(H,30,33)(H,31,34)(H,32,35)(H,36,37). The van der Waals surface area contributed by atoms with Crippen molar-refractivity contribution in [2.45, 2.75) is 77.0 Å². The summed E-state index contributed by atoms with van der Waals surface area (Å²) in [5, 5.41) is 18.5. The highest BCUT2D eigenvalue weighted by atomic mass is 16.4. The number of nitrogens with two attached hydrogens (primary N) is 2. The number of hydrogen-bond donors (Lipinski definition) is 7. The lowest BCUT2D eigenvalue weighted by Gasteiger charge is -2.26. The molecule has 0 aliphatic rings. The molecule has 5 atom stereocenters. The van der Waals surface area contributed by atoms with E-state index in [1.807, 2.05) is 31.2 Å². The van der Waals surface area contributed by atoms with E-state index in [-0.39, 0.29) is 12.3 Å². The minimum atomic E-state index is -1.15. The molecular weight excluding hydrogens is 476 g/mol. The Kier molecular flexibility index (Phi) is 11.5. The second-order valence-corrected chi connectivity index (χ2v) is 9.47. The average molecular weight is 517 g/mol. The summed E-state index contributed by atoms with van der Waals surface area (Å²) in [5.74, 6) is -3.14. The number of carbonyl (C=O) groups excluding carboxylic acids is 3. The monoisotopic (exact) mass is 516 g/mol. The molecule has 0 saturated carbocycles. The molecule has 3 amide bonds. The normalized spacial score (nSPS) is 15.3. The first-order valence-corrected chi connectivity index (χ1v) is 12.7. The van der Waals surface area contributed by atoms with E-state index in [0.29, 0.717) is 32.2 Å². The number of rotatable bonds is 15. The molecule has 0 fully saturated rings. The lowest BCUT2D eigenvalue weighted by molar-refractivity contribution is -0.143. The first-order chi connectivity index (χ1) is 17.6. The van der Waals surface area contributed by atoms with Gasteiger partial charge >= 0.3 is 5.97 Å². The predicted molar refractivity (Wildman–Crippen MR) is 141 cm³/mol. The number of para-hydroxylation sites is 1. The van der Waals surface area contributed by atoms with Crippen molar-refractivity contribution in [3.63, 3.8) is 0 Å². The summed E-state index contributed by atoms with van der Waals surface area (Å²) in [4.78, 5) is 53.9. The molecular formula is C26H40N6O5. The van der Waals surface area contributed by atoms with E-state index in [9.17, 15) is 24.3 Å². The highest BCUT2D eigenvalue weighted by Gasteiger charge is 2.32. The fraction of sp³-hybridized carbons (Fsp3) is 0.538. The zero-order valence-electron chi connectivity index (χ0n) is 21.8. The summed E-state index contributed by atoms with van der Waals surface area (Å²) in [5.41, 5.74) is 12.9. The zero-order valence-corrected chi connectivity index (χ0v) is 21.8. The number of unbranched alkanes of at least 4 members (excludes halogenated alkanes) is 1. The van der Waals surface area contributed by atoms with Crippen LogP contribution in [0.15, 0.2) is 30.5 Å². The van der Waals surface area contributed by atoms with E-state index in [1.165, 1.54) is 6.92 Å². The first kappa shape index (κ1) is 29.8. The molecule has 1 heterocycles. The molecule has 2 aromatic rings. The number of amides is 3. The summed E-state index contributed by atoms with van der Waals surface area (Å²) < 4.78 is 0. The van der Waals surface area contributed by atoms with Gasteiger partial charge in [-0.1, -0.05) is 38.5 Å². The molecule has 0 saturated heterocycles.